The molecule has 0 fully saturated rings. The quantitative estimate of drug-likeness (QED) is 0.671. The molecule has 0 atom stereocenters. The lowest BCUT2D eigenvalue weighted by atomic mass is 10.2. The van der Waals surface area contributed by atoms with Gasteiger partial charge in [0.05, 0.1) is 38.0 Å². The van der Waals surface area contributed by atoms with E-state index in [-0.39, 0.29) is 17.2 Å². The SMILES string of the molecule is COc1ccc(NC(=O)c2cnc(Nc3ccc(F)cc3F)cn2)c(OC)c1. The van der Waals surface area contributed by atoms with Gasteiger partial charge in [-0.1, -0.05) is 0 Å². The normalized spacial score (nSPS) is 10.3. The predicted octanol–water partition coefficient (Wildman–Crippen LogP) is 3.77. The zero-order valence-corrected chi connectivity index (χ0v) is 15.0. The highest BCUT2D eigenvalue weighted by Crippen LogP contribution is 2.29. The lowest BCUT2D eigenvalue weighted by molar-refractivity contribution is 0.102. The van der Waals surface area contributed by atoms with Gasteiger partial charge in [0.2, 0.25) is 0 Å². The molecule has 0 unspecified atom stereocenters. The number of anilines is 3. The fraction of sp³-hybridized carbons (Fsp3) is 0.105. The summed E-state index contributed by atoms with van der Waals surface area (Å²) >= 11 is 0. The molecule has 144 valence electrons. The zero-order valence-electron chi connectivity index (χ0n) is 15.0. The standard InChI is InChI=1S/C19H16F2N4O3/c1-27-12-4-6-15(17(8-12)28-2)25-19(26)16-9-23-18(10-22-16)24-14-5-3-11(20)7-13(14)21/h3-10H,1-2H3,(H,23,24)(H,25,26). The van der Waals surface area contributed by atoms with Gasteiger partial charge >= 0.3 is 0 Å². The Morgan fingerprint density at radius 2 is 1.75 bits per heavy atom. The summed E-state index contributed by atoms with van der Waals surface area (Å²) in [4.78, 5) is 20.4. The summed E-state index contributed by atoms with van der Waals surface area (Å²) < 4.78 is 37.0. The van der Waals surface area contributed by atoms with Crippen molar-refractivity contribution in [3.05, 3.63) is 66.1 Å². The van der Waals surface area contributed by atoms with E-state index in [4.69, 9.17) is 9.47 Å². The highest BCUT2D eigenvalue weighted by molar-refractivity contribution is 6.03. The van der Waals surface area contributed by atoms with Crippen LogP contribution in [0.5, 0.6) is 11.5 Å². The van der Waals surface area contributed by atoms with Gasteiger partial charge in [-0.15, -0.1) is 0 Å². The van der Waals surface area contributed by atoms with E-state index in [9.17, 15) is 13.6 Å². The molecular formula is C19H16F2N4O3. The third-order valence-corrected chi connectivity index (χ3v) is 3.74. The first-order chi connectivity index (χ1) is 13.5. The first-order valence-corrected chi connectivity index (χ1v) is 8.07. The van der Waals surface area contributed by atoms with E-state index in [1.807, 2.05) is 0 Å². The van der Waals surface area contributed by atoms with Crippen molar-refractivity contribution in [3.63, 3.8) is 0 Å². The number of methoxy groups -OCH3 is 2. The van der Waals surface area contributed by atoms with Crippen molar-refractivity contribution in [2.24, 2.45) is 0 Å². The fourth-order valence-electron chi connectivity index (χ4n) is 2.33. The maximum atomic E-state index is 13.7. The van der Waals surface area contributed by atoms with Crippen LogP contribution in [0.3, 0.4) is 0 Å². The number of nitrogens with one attached hydrogen (secondary N) is 2. The molecule has 3 rings (SSSR count). The molecule has 0 radical (unpaired) electrons. The van der Waals surface area contributed by atoms with Crippen LogP contribution in [0.15, 0.2) is 48.8 Å². The van der Waals surface area contributed by atoms with Crippen molar-refractivity contribution in [3.8, 4) is 11.5 Å². The van der Waals surface area contributed by atoms with Gasteiger partial charge in [0.1, 0.15) is 34.6 Å². The average molecular weight is 386 g/mol. The Morgan fingerprint density at radius 3 is 2.39 bits per heavy atom. The maximum absolute atomic E-state index is 13.7. The van der Waals surface area contributed by atoms with Gasteiger partial charge in [0, 0.05) is 12.1 Å². The van der Waals surface area contributed by atoms with Crippen molar-refractivity contribution < 1.29 is 23.0 Å². The Hall–Kier alpha value is -3.75. The molecule has 7 nitrogen and oxygen atoms in total. The second kappa shape index (κ2) is 8.30. The van der Waals surface area contributed by atoms with Crippen LogP contribution in [-0.2, 0) is 0 Å². The van der Waals surface area contributed by atoms with Crippen LogP contribution in [0.4, 0.5) is 26.0 Å². The van der Waals surface area contributed by atoms with Gasteiger partial charge in [-0.2, -0.15) is 0 Å². The molecule has 1 heterocycles. The van der Waals surface area contributed by atoms with Gasteiger partial charge in [0.25, 0.3) is 5.91 Å². The number of nitrogens with zero attached hydrogens (tertiary/aromatic N) is 2. The van der Waals surface area contributed by atoms with Crippen LogP contribution < -0.4 is 20.1 Å². The molecule has 0 aliphatic carbocycles. The van der Waals surface area contributed by atoms with Gasteiger partial charge < -0.3 is 20.1 Å². The van der Waals surface area contributed by atoms with E-state index in [0.29, 0.717) is 17.2 Å². The summed E-state index contributed by atoms with van der Waals surface area (Å²) in [6.45, 7) is 0. The number of rotatable bonds is 6. The first kappa shape index (κ1) is 19.0. The molecule has 1 aromatic heterocycles. The van der Waals surface area contributed by atoms with E-state index in [2.05, 4.69) is 20.6 Å². The van der Waals surface area contributed by atoms with E-state index in [1.54, 1.807) is 18.2 Å². The van der Waals surface area contributed by atoms with Gasteiger partial charge in [-0.05, 0) is 24.3 Å². The molecule has 0 aliphatic heterocycles. The minimum absolute atomic E-state index is 0.0378. The lowest BCUT2D eigenvalue weighted by Crippen LogP contribution is -2.15. The number of benzene rings is 2. The topological polar surface area (TPSA) is 85.4 Å². The van der Waals surface area contributed by atoms with E-state index in [0.717, 1.165) is 12.1 Å². The number of hydrogen-bond donors (Lipinski definition) is 2. The third-order valence-electron chi connectivity index (χ3n) is 3.74. The highest BCUT2D eigenvalue weighted by Gasteiger charge is 2.13. The van der Waals surface area contributed by atoms with Crippen molar-refractivity contribution in [1.82, 2.24) is 9.97 Å². The summed E-state index contributed by atoms with van der Waals surface area (Å²) in [5.41, 5.74) is 0.518. The molecule has 0 spiro atoms. The summed E-state index contributed by atoms with van der Waals surface area (Å²) in [6, 6.07) is 8.04. The summed E-state index contributed by atoms with van der Waals surface area (Å²) in [6.07, 6.45) is 2.50. The Kier molecular flexibility index (Phi) is 5.64. The smallest absolute Gasteiger partial charge is 0.275 e. The van der Waals surface area contributed by atoms with Crippen LogP contribution in [0.2, 0.25) is 0 Å². The highest BCUT2D eigenvalue weighted by atomic mass is 19.1. The van der Waals surface area contributed by atoms with Crippen molar-refractivity contribution in [1.29, 1.82) is 0 Å². The van der Waals surface area contributed by atoms with E-state index in [1.165, 1.54) is 32.7 Å². The Morgan fingerprint density at radius 1 is 0.964 bits per heavy atom. The molecule has 0 saturated heterocycles. The molecule has 3 aromatic rings. The second-order valence-corrected chi connectivity index (χ2v) is 5.56. The minimum Gasteiger partial charge on any atom is -0.497 e. The van der Waals surface area contributed by atoms with E-state index >= 15 is 0 Å². The van der Waals surface area contributed by atoms with Crippen molar-refractivity contribution in [2.75, 3.05) is 24.9 Å². The Labute approximate surface area is 159 Å². The van der Waals surface area contributed by atoms with Gasteiger partial charge in [-0.25, -0.2) is 18.7 Å². The summed E-state index contributed by atoms with van der Waals surface area (Å²) in [5, 5.41) is 5.33. The second-order valence-electron chi connectivity index (χ2n) is 5.56. The van der Waals surface area contributed by atoms with Gasteiger partial charge in [-0.3, -0.25) is 4.79 Å². The number of ether oxygens (including phenoxy) is 2. The number of halogens is 2. The molecule has 2 aromatic carbocycles. The Balaban J connectivity index is 1.72. The minimum atomic E-state index is -0.768. The molecule has 1 amide bonds. The van der Waals surface area contributed by atoms with Crippen molar-refractivity contribution >= 4 is 23.1 Å². The maximum Gasteiger partial charge on any atom is 0.275 e. The van der Waals surface area contributed by atoms with Crippen LogP contribution in [0, 0.1) is 11.6 Å². The molecule has 0 aliphatic rings. The van der Waals surface area contributed by atoms with Crippen molar-refractivity contribution in [2.45, 2.75) is 0 Å². The van der Waals surface area contributed by atoms with E-state index < -0.39 is 17.5 Å². The molecule has 2 N–H and O–H groups in total. The molecule has 0 bridgehead atoms. The van der Waals surface area contributed by atoms with Gasteiger partial charge in [0.15, 0.2) is 0 Å². The number of amides is 1. The molecular weight excluding hydrogens is 370 g/mol. The zero-order chi connectivity index (χ0) is 20.1. The Bertz CT molecular complexity index is 997. The number of carbonyl (C=O) groups is 1. The average Bonchev–Trinajstić information content (AvgIpc) is 2.71. The summed E-state index contributed by atoms with van der Waals surface area (Å²) in [5.74, 6) is -0.756. The predicted molar refractivity (Wildman–Crippen MR) is 99.2 cm³/mol. The van der Waals surface area contributed by atoms with Crippen LogP contribution in [0.25, 0.3) is 0 Å². The molecule has 28 heavy (non-hydrogen) atoms. The molecule has 0 saturated carbocycles. The number of carbonyl (C=O) groups excluding carboxylic acids is 1. The monoisotopic (exact) mass is 386 g/mol. The third kappa shape index (κ3) is 4.32. The number of aromatic nitrogens is 2. The largest absolute Gasteiger partial charge is 0.497 e. The summed E-state index contributed by atoms with van der Waals surface area (Å²) in [7, 11) is 3.00. The van der Waals surface area contributed by atoms with Crippen LogP contribution in [0.1, 0.15) is 10.5 Å². The lowest BCUT2D eigenvalue weighted by Gasteiger charge is -2.11. The fourth-order valence-corrected chi connectivity index (χ4v) is 2.33. The first-order valence-electron chi connectivity index (χ1n) is 8.07. The number of hydrogen-bond acceptors (Lipinski definition) is 6. The molecule has 9 heteroatoms. The van der Waals surface area contributed by atoms with Crippen LogP contribution >= 0.6 is 0 Å². The van der Waals surface area contributed by atoms with Crippen LogP contribution in [-0.4, -0.2) is 30.1 Å².